The first-order chi connectivity index (χ1) is 15.3. The Bertz CT molecular complexity index is 1210. The summed E-state index contributed by atoms with van der Waals surface area (Å²) in [6.07, 6.45) is 0. The van der Waals surface area contributed by atoms with Gasteiger partial charge in [-0.15, -0.1) is 0 Å². The van der Waals surface area contributed by atoms with Crippen LogP contribution in [0.15, 0.2) is 64.7 Å². The second-order valence-corrected chi connectivity index (χ2v) is 8.02. The predicted octanol–water partition coefficient (Wildman–Crippen LogP) is 4.74. The topological polar surface area (TPSA) is 92.9 Å². The Balaban J connectivity index is 1.92. The van der Waals surface area contributed by atoms with E-state index < -0.39 is 17.7 Å². The molecule has 0 radical (unpaired) electrons. The minimum Gasteiger partial charge on any atom is -0.507 e. The standard InChI is InChI=1S/C25H24N2O5/c1-14(2)16-8-10-17(11-9-16)22-21(23(28)18-6-5-7-19(13-18)31-4)24(29)25(30)27(22)20-12-15(3)32-26-20/h5-14,22,28H,1-4H3/b23-21+. The van der Waals surface area contributed by atoms with Gasteiger partial charge < -0.3 is 14.4 Å². The SMILES string of the molecule is COc1cccc(/C(O)=C2\C(=O)C(=O)N(c3cc(C)on3)C2c2ccc(C(C)C)cc2)c1. The van der Waals surface area contributed by atoms with Gasteiger partial charge in [-0.1, -0.05) is 55.4 Å². The van der Waals surface area contributed by atoms with E-state index in [1.807, 2.05) is 24.3 Å². The highest BCUT2D eigenvalue weighted by Gasteiger charge is 2.48. The molecule has 164 valence electrons. The largest absolute Gasteiger partial charge is 0.507 e. The molecule has 0 spiro atoms. The summed E-state index contributed by atoms with van der Waals surface area (Å²) in [4.78, 5) is 27.5. The van der Waals surface area contributed by atoms with Crippen LogP contribution < -0.4 is 9.64 Å². The summed E-state index contributed by atoms with van der Waals surface area (Å²) in [6, 6.07) is 15.1. The highest BCUT2D eigenvalue weighted by atomic mass is 16.5. The number of methoxy groups -OCH3 is 1. The molecule has 2 heterocycles. The van der Waals surface area contributed by atoms with Crippen molar-refractivity contribution in [2.75, 3.05) is 12.0 Å². The van der Waals surface area contributed by atoms with Crippen molar-refractivity contribution in [1.29, 1.82) is 0 Å². The van der Waals surface area contributed by atoms with Gasteiger partial charge in [-0.25, -0.2) is 0 Å². The van der Waals surface area contributed by atoms with E-state index in [0.29, 0.717) is 28.6 Å². The molecule has 1 amide bonds. The lowest BCUT2D eigenvalue weighted by Crippen LogP contribution is -2.29. The number of hydrogen-bond donors (Lipinski definition) is 1. The Morgan fingerprint density at radius 1 is 1.12 bits per heavy atom. The zero-order valence-corrected chi connectivity index (χ0v) is 18.3. The number of rotatable bonds is 5. The first-order valence-electron chi connectivity index (χ1n) is 10.3. The van der Waals surface area contributed by atoms with Crippen molar-refractivity contribution in [3.63, 3.8) is 0 Å². The number of amides is 1. The fourth-order valence-corrected chi connectivity index (χ4v) is 3.84. The molecule has 1 N–H and O–H groups in total. The van der Waals surface area contributed by atoms with Crippen LogP contribution in [0.2, 0.25) is 0 Å². The summed E-state index contributed by atoms with van der Waals surface area (Å²) in [7, 11) is 1.52. The molecule has 0 saturated carbocycles. The fourth-order valence-electron chi connectivity index (χ4n) is 3.84. The highest BCUT2D eigenvalue weighted by molar-refractivity contribution is 6.51. The minimum absolute atomic E-state index is 0.0128. The number of ether oxygens (including phenoxy) is 1. The van der Waals surface area contributed by atoms with Crippen molar-refractivity contribution in [3.05, 3.63) is 82.6 Å². The van der Waals surface area contributed by atoms with Crippen molar-refractivity contribution in [3.8, 4) is 5.75 Å². The molecule has 2 aromatic carbocycles. The molecule has 7 nitrogen and oxygen atoms in total. The van der Waals surface area contributed by atoms with Gasteiger partial charge in [0, 0.05) is 11.6 Å². The number of aromatic nitrogens is 1. The van der Waals surface area contributed by atoms with Gasteiger partial charge in [0.05, 0.1) is 18.7 Å². The van der Waals surface area contributed by atoms with Crippen molar-refractivity contribution >= 4 is 23.3 Å². The van der Waals surface area contributed by atoms with Crippen LogP contribution in [0, 0.1) is 6.92 Å². The molecule has 0 aliphatic carbocycles. The van der Waals surface area contributed by atoms with Crippen molar-refractivity contribution in [2.24, 2.45) is 0 Å². The lowest BCUT2D eigenvalue weighted by molar-refractivity contribution is -0.132. The van der Waals surface area contributed by atoms with Gasteiger partial charge in [-0.05, 0) is 36.1 Å². The van der Waals surface area contributed by atoms with E-state index in [0.717, 1.165) is 5.56 Å². The summed E-state index contributed by atoms with van der Waals surface area (Å²) >= 11 is 0. The van der Waals surface area contributed by atoms with Crippen molar-refractivity contribution in [1.82, 2.24) is 5.16 Å². The normalized spacial score (nSPS) is 17.9. The Kier molecular flexibility index (Phi) is 5.57. The van der Waals surface area contributed by atoms with Gasteiger partial charge in [-0.2, -0.15) is 0 Å². The molecule has 4 rings (SSSR count). The molecular weight excluding hydrogens is 408 g/mol. The van der Waals surface area contributed by atoms with E-state index >= 15 is 0 Å². The number of aliphatic hydroxyl groups excluding tert-OH is 1. The molecule has 1 aliphatic heterocycles. The van der Waals surface area contributed by atoms with Gasteiger partial charge in [0.25, 0.3) is 5.78 Å². The summed E-state index contributed by atoms with van der Waals surface area (Å²) < 4.78 is 10.4. The zero-order valence-electron chi connectivity index (χ0n) is 18.3. The molecule has 1 unspecified atom stereocenters. The summed E-state index contributed by atoms with van der Waals surface area (Å²) in [5, 5.41) is 15.1. The zero-order chi connectivity index (χ0) is 23.0. The van der Waals surface area contributed by atoms with Crippen LogP contribution in [-0.2, 0) is 9.59 Å². The third kappa shape index (κ3) is 3.66. The fraction of sp³-hybridized carbons (Fsp3) is 0.240. The number of aryl methyl sites for hydroxylation is 1. The maximum atomic E-state index is 13.1. The second kappa shape index (κ2) is 8.34. The van der Waals surface area contributed by atoms with E-state index in [2.05, 4.69) is 19.0 Å². The summed E-state index contributed by atoms with van der Waals surface area (Å²) in [5.41, 5.74) is 2.16. The molecule has 1 saturated heterocycles. The number of benzene rings is 2. The van der Waals surface area contributed by atoms with Crippen LogP contribution in [0.3, 0.4) is 0 Å². The number of Topliss-reactive ketones (excluding diaryl/α,β-unsaturated/α-hetero) is 1. The summed E-state index contributed by atoms with van der Waals surface area (Å²) in [6.45, 7) is 5.87. The average molecular weight is 432 g/mol. The van der Waals surface area contributed by atoms with Crippen molar-refractivity contribution < 1.29 is 24.0 Å². The average Bonchev–Trinajstić information content (AvgIpc) is 3.34. The molecule has 1 fully saturated rings. The molecule has 0 bridgehead atoms. The number of carbonyl (C=O) groups excluding carboxylic acids is 2. The monoisotopic (exact) mass is 432 g/mol. The highest BCUT2D eigenvalue weighted by Crippen LogP contribution is 2.42. The first-order valence-corrected chi connectivity index (χ1v) is 10.3. The number of anilines is 1. The number of ketones is 1. The van der Waals surface area contributed by atoms with Crippen molar-refractivity contribution in [2.45, 2.75) is 32.7 Å². The number of aliphatic hydroxyl groups is 1. The van der Waals surface area contributed by atoms with Gasteiger partial charge in [0.2, 0.25) is 0 Å². The summed E-state index contributed by atoms with van der Waals surface area (Å²) in [5.74, 6) is -0.276. The van der Waals surface area contributed by atoms with Crippen LogP contribution >= 0.6 is 0 Å². The smallest absolute Gasteiger partial charge is 0.301 e. The maximum absolute atomic E-state index is 13.1. The Hall–Kier alpha value is -3.87. The van der Waals surface area contributed by atoms with E-state index in [9.17, 15) is 14.7 Å². The molecule has 1 atom stereocenters. The molecule has 3 aromatic rings. The van der Waals surface area contributed by atoms with Crippen LogP contribution in [0.5, 0.6) is 5.75 Å². The number of nitrogens with zero attached hydrogens (tertiary/aromatic N) is 2. The van der Waals surface area contributed by atoms with E-state index in [1.54, 1.807) is 37.3 Å². The van der Waals surface area contributed by atoms with Crippen LogP contribution in [0.1, 0.15) is 48.3 Å². The first kappa shape index (κ1) is 21.4. The van der Waals surface area contributed by atoms with Crippen LogP contribution in [0.4, 0.5) is 5.82 Å². The van der Waals surface area contributed by atoms with E-state index in [4.69, 9.17) is 9.26 Å². The lowest BCUT2D eigenvalue weighted by Gasteiger charge is -2.23. The predicted molar refractivity (Wildman–Crippen MR) is 120 cm³/mol. The van der Waals surface area contributed by atoms with Gasteiger partial charge >= 0.3 is 5.91 Å². The Morgan fingerprint density at radius 2 is 1.84 bits per heavy atom. The molecule has 1 aromatic heterocycles. The van der Waals surface area contributed by atoms with Gasteiger partial charge in [0.1, 0.15) is 17.3 Å². The second-order valence-electron chi connectivity index (χ2n) is 8.02. The van der Waals surface area contributed by atoms with Crippen LogP contribution in [-0.4, -0.2) is 29.1 Å². The maximum Gasteiger partial charge on any atom is 0.301 e. The number of carbonyl (C=O) groups is 2. The third-order valence-corrected chi connectivity index (χ3v) is 5.57. The number of hydrogen-bond acceptors (Lipinski definition) is 6. The quantitative estimate of drug-likeness (QED) is 0.356. The Labute approximate surface area is 185 Å². The Morgan fingerprint density at radius 3 is 2.44 bits per heavy atom. The van der Waals surface area contributed by atoms with Gasteiger partial charge in [-0.3, -0.25) is 14.5 Å². The molecule has 7 heteroatoms. The molecule has 32 heavy (non-hydrogen) atoms. The third-order valence-electron chi connectivity index (χ3n) is 5.57. The van der Waals surface area contributed by atoms with Gasteiger partial charge in [0.15, 0.2) is 5.82 Å². The van der Waals surface area contributed by atoms with E-state index in [1.165, 1.54) is 12.0 Å². The minimum atomic E-state index is -0.855. The lowest BCUT2D eigenvalue weighted by atomic mass is 9.93. The molecular formula is C25H24N2O5. The van der Waals surface area contributed by atoms with Crippen LogP contribution in [0.25, 0.3) is 5.76 Å². The van der Waals surface area contributed by atoms with E-state index in [-0.39, 0.29) is 17.2 Å². The molecule has 1 aliphatic rings.